The van der Waals surface area contributed by atoms with E-state index in [9.17, 15) is 14.4 Å². The molecule has 1 unspecified atom stereocenters. The summed E-state index contributed by atoms with van der Waals surface area (Å²) in [7, 11) is 0. The van der Waals surface area contributed by atoms with Crippen molar-refractivity contribution in [3.8, 4) is 0 Å². The quantitative estimate of drug-likeness (QED) is 0.489. The Bertz CT molecular complexity index is 394. The van der Waals surface area contributed by atoms with Crippen LogP contribution in [0.2, 0.25) is 0 Å². The molecule has 24 heavy (non-hydrogen) atoms. The van der Waals surface area contributed by atoms with Gasteiger partial charge in [-0.05, 0) is 12.3 Å². The normalized spacial score (nSPS) is 17.1. The van der Waals surface area contributed by atoms with E-state index in [0.29, 0.717) is 6.54 Å². The van der Waals surface area contributed by atoms with E-state index in [1.807, 2.05) is 27.7 Å². The lowest BCUT2D eigenvalue weighted by atomic mass is 9.94. The van der Waals surface area contributed by atoms with Crippen molar-refractivity contribution in [1.29, 1.82) is 0 Å². The van der Waals surface area contributed by atoms with Crippen molar-refractivity contribution < 1.29 is 14.4 Å². The van der Waals surface area contributed by atoms with Crippen LogP contribution in [0.1, 0.15) is 79.6 Å². The molecular weight excluding hydrogens is 304 g/mol. The molecule has 140 valence electrons. The predicted molar refractivity (Wildman–Crippen MR) is 97.4 cm³/mol. The zero-order chi connectivity index (χ0) is 18.5. The summed E-state index contributed by atoms with van der Waals surface area (Å²) >= 11 is 0. The fourth-order valence-corrected chi connectivity index (χ4v) is 2.72. The van der Waals surface area contributed by atoms with E-state index in [0.717, 1.165) is 12.8 Å². The average molecular weight is 341 g/mol. The van der Waals surface area contributed by atoms with Gasteiger partial charge in [-0.1, -0.05) is 60.3 Å². The number of unbranched alkanes of at least 4 members (excludes halogenated alkanes) is 4. The third kappa shape index (κ3) is 7.93. The van der Waals surface area contributed by atoms with Gasteiger partial charge in [0.05, 0.1) is 0 Å². The van der Waals surface area contributed by atoms with E-state index >= 15 is 0 Å². The van der Waals surface area contributed by atoms with Crippen molar-refractivity contribution in [3.63, 3.8) is 0 Å². The number of hydrogen-bond acceptors (Lipinski definition) is 3. The molecular formula is C19H36N2O3. The van der Waals surface area contributed by atoms with Crippen LogP contribution in [-0.2, 0) is 14.4 Å². The van der Waals surface area contributed by atoms with Gasteiger partial charge in [-0.3, -0.25) is 19.3 Å². The first-order valence-corrected chi connectivity index (χ1v) is 9.58. The van der Waals surface area contributed by atoms with E-state index in [1.54, 1.807) is 0 Å². The minimum absolute atomic E-state index is 0.0795. The van der Waals surface area contributed by atoms with E-state index in [-0.39, 0.29) is 48.9 Å². The number of amides is 3. The Labute approximate surface area is 147 Å². The topological polar surface area (TPSA) is 66.5 Å². The van der Waals surface area contributed by atoms with Crippen LogP contribution in [0.25, 0.3) is 0 Å². The monoisotopic (exact) mass is 340 g/mol. The number of imide groups is 1. The van der Waals surface area contributed by atoms with E-state index in [4.69, 9.17) is 0 Å². The molecule has 0 saturated carbocycles. The standard InChI is InChI=1S/C17H30N2O3.C2H6/c1-4-5-6-7-8-10-18-15(20)9-11-19-16(21)12-14(13(2)3)17(19)22;1-2/h13-14H,4-12H2,1-3H3,(H,18,20);1-2H3. The van der Waals surface area contributed by atoms with Gasteiger partial charge >= 0.3 is 0 Å². The molecule has 1 fully saturated rings. The Hall–Kier alpha value is -1.39. The zero-order valence-electron chi connectivity index (χ0n) is 16.2. The van der Waals surface area contributed by atoms with Crippen LogP contribution in [0.15, 0.2) is 0 Å². The van der Waals surface area contributed by atoms with Crippen LogP contribution in [0.5, 0.6) is 0 Å². The van der Waals surface area contributed by atoms with Gasteiger partial charge in [0.15, 0.2) is 0 Å². The van der Waals surface area contributed by atoms with E-state index in [2.05, 4.69) is 12.2 Å². The maximum atomic E-state index is 12.1. The molecule has 0 aromatic rings. The molecule has 1 rings (SSSR count). The zero-order valence-corrected chi connectivity index (χ0v) is 16.2. The van der Waals surface area contributed by atoms with Gasteiger partial charge in [0.25, 0.3) is 0 Å². The summed E-state index contributed by atoms with van der Waals surface area (Å²) < 4.78 is 0. The Kier molecular flexibility index (Phi) is 12.2. The molecule has 5 nitrogen and oxygen atoms in total. The van der Waals surface area contributed by atoms with Gasteiger partial charge in [0, 0.05) is 31.8 Å². The van der Waals surface area contributed by atoms with Crippen LogP contribution in [0.4, 0.5) is 0 Å². The Morgan fingerprint density at radius 2 is 1.79 bits per heavy atom. The summed E-state index contributed by atoms with van der Waals surface area (Å²) in [5, 5.41) is 2.86. The maximum Gasteiger partial charge on any atom is 0.233 e. The molecule has 0 aliphatic carbocycles. The van der Waals surface area contributed by atoms with E-state index in [1.165, 1.54) is 24.2 Å². The average Bonchev–Trinajstić information content (AvgIpc) is 2.85. The van der Waals surface area contributed by atoms with Crippen molar-refractivity contribution in [2.45, 2.75) is 79.6 Å². The van der Waals surface area contributed by atoms with Crippen molar-refractivity contribution in [1.82, 2.24) is 10.2 Å². The third-order valence-corrected chi connectivity index (χ3v) is 4.25. The summed E-state index contributed by atoms with van der Waals surface area (Å²) in [5.41, 5.74) is 0. The van der Waals surface area contributed by atoms with Crippen LogP contribution < -0.4 is 5.32 Å². The van der Waals surface area contributed by atoms with Gasteiger partial charge in [-0.2, -0.15) is 0 Å². The smallest absolute Gasteiger partial charge is 0.233 e. The Morgan fingerprint density at radius 1 is 1.17 bits per heavy atom. The number of rotatable bonds is 10. The molecule has 0 spiro atoms. The first kappa shape index (κ1) is 22.6. The van der Waals surface area contributed by atoms with Gasteiger partial charge in [-0.15, -0.1) is 0 Å². The van der Waals surface area contributed by atoms with Crippen LogP contribution in [0, 0.1) is 11.8 Å². The molecule has 5 heteroatoms. The Balaban J connectivity index is 0.00000254. The molecule has 3 amide bonds. The number of nitrogens with zero attached hydrogens (tertiary/aromatic N) is 1. The highest BCUT2D eigenvalue weighted by molar-refractivity contribution is 6.03. The Morgan fingerprint density at radius 3 is 2.33 bits per heavy atom. The summed E-state index contributed by atoms with van der Waals surface area (Å²) in [6, 6.07) is 0. The summed E-state index contributed by atoms with van der Waals surface area (Å²) in [6.07, 6.45) is 6.27. The summed E-state index contributed by atoms with van der Waals surface area (Å²) in [6.45, 7) is 11.0. The van der Waals surface area contributed by atoms with Crippen molar-refractivity contribution in [2.24, 2.45) is 11.8 Å². The second-order valence-corrected chi connectivity index (χ2v) is 6.45. The van der Waals surface area contributed by atoms with Crippen LogP contribution >= 0.6 is 0 Å². The molecule has 0 aromatic carbocycles. The van der Waals surface area contributed by atoms with Crippen LogP contribution in [-0.4, -0.2) is 35.7 Å². The summed E-state index contributed by atoms with van der Waals surface area (Å²) in [4.78, 5) is 37.0. The minimum Gasteiger partial charge on any atom is -0.356 e. The molecule has 1 aliphatic rings. The highest BCUT2D eigenvalue weighted by Gasteiger charge is 2.39. The maximum absolute atomic E-state index is 12.1. The fourth-order valence-electron chi connectivity index (χ4n) is 2.72. The molecule has 0 aromatic heterocycles. The van der Waals surface area contributed by atoms with Gasteiger partial charge < -0.3 is 5.32 Å². The van der Waals surface area contributed by atoms with Crippen molar-refractivity contribution >= 4 is 17.7 Å². The fraction of sp³-hybridized carbons (Fsp3) is 0.842. The lowest BCUT2D eigenvalue weighted by Crippen LogP contribution is -2.35. The molecule has 1 saturated heterocycles. The number of hydrogen-bond donors (Lipinski definition) is 1. The third-order valence-electron chi connectivity index (χ3n) is 4.25. The molecule has 1 aliphatic heterocycles. The second kappa shape index (κ2) is 13.0. The highest BCUT2D eigenvalue weighted by Crippen LogP contribution is 2.26. The summed E-state index contributed by atoms with van der Waals surface area (Å²) in [5.74, 6) is -0.389. The SMILES string of the molecule is CC.CCCCCCCNC(=O)CCN1C(=O)CC(C(C)C)C1=O. The number of carbonyl (C=O) groups is 3. The highest BCUT2D eigenvalue weighted by atomic mass is 16.2. The lowest BCUT2D eigenvalue weighted by molar-refractivity contribution is -0.140. The largest absolute Gasteiger partial charge is 0.356 e. The van der Waals surface area contributed by atoms with Crippen molar-refractivity contribution in [3.05, 3.63) is 0 Å². The second-order valence-electron chi connectivity index (χ2n) is 6.45. The molecule has 1 heterocycles. The first-order valence-electron chi connectivity index (χ1n) is 9.58. The number of likely N-dealkylation sites (tertiary alicyclic amines) is 1. The number of carbonyl (C=O) groups excluding carboxylic acids is 3. The molecule has 1 atom stereocenters. The lowest BCUT2D eigenvalue weighted by Gasteiger charge is -2.16. The molecule has 1 N–H and O–H groups in total. The van der Waals surface area contributed by atoms with Gasteiger partial charge in [-0.25, -0.2) is 0 Å². The number of nitrogens with one attached hydrogen (secondary N) is 1. The van der Waals surface area contributed by atoms with Crippen molar-refractivity contribution in [2.75, 3.05) is 13.1 Å². The first-order chi connectivity index (χ1) is 11.5. The van der Waals surface area contributed by atoms with Crippen LogP contribution in [0.3, 0.4) is 0 Å². The van der Waals surface area contributed by atoms with Gasteiger partial charge in [0.2, 0.25) is 17.7 Å². The van der Waals surface area contributed by atoms with E-state index < -0.39 is 0 Å². The minimum atomic E-state index is -0.214. The molecule has 0 radical (unpaired) electrons. The predicted octanol–water partition coefficient (Wildman–Crippen LogP) is 3.52. The van der Waals surface area contributed by atoms with Gasteiger partial charge in [0.1, 0.15) is 0 Å². The molecule has 0 bridgehead atoms.